The van der Waals surface area contributed by atoms with Gasteiger partial charge >= 0.3 is 5.97 Å². The summed E-state index contributed by atoms with van der Waals surface area (Å²) in [6.07, 6.45) is 2.25. The fraction of sp³-hybridized carbons (Fsp3) is 0.500. The molecule has 1 aliphatic rings. The van der Waals surface area contributed by atoms with E-state index in [2.05, 4.69) is 5.32 Å². The van der Waals surface area contributed by atoms with Crippen LogP contribution in [-0.4, -0.2) is 23.2 Å². The van der Waals surface area contributed by atoms with Gasteiger partial charge in [-0.05, 0) is 37.0 Å². The van der Waals surface area contributed by atoms with Crippen LogP contribution in [0.5, 0.6) is 5.75 Å². The van der Waals surface area contributed by atoms with Gasteiger partial charge in [0, 0.05) is 12.6 Å². The van der Waals surface area contributed by atoms with Crippen LogP contribution in [-0.2, 0) is 11.3 Å². The summed E-state index contributed by atoms with van der Waals surface area (Å²) >= 11 is 0. The van der Waals surface area contributed by atoms with Crippen molar-refractivity contribution in [1.82, 2.24) is 5.32 Å². The first kappa shape index (κ1) is 12.9. The molecule has 1 fully saturated rings. The zero-order valence-electron chi connectivity index (χ0n) is 10.6. The van der Waals surface area contributed by atoms with Crippen LogP contribution >= 0.6 is 0 Å². The van der Waals surface area contributed by atoms with Crippen LogP contribution in [0, 0.1) is 0 Å². The van der Waals surface area contributed by atoms with Crippen LogP contribution in [0.3, 0.4) is 0 Å². The van der Waals surface area contributed by atoms with Crippen LogP contribution in [0.25, 0.3) is 0 Å². The Kier molecular flexibility index (Phi) is 4.20. The Morgan fingerprint density at radius 1 is 1.44 bits per heavy atom. The monoisotopic (exact) mass is 249 g/mol. The molecule has 18 heavy (non-hydrogen) atoms. The number of aliphatic carboxylic acids is 1. The molecule has 2 N–H and O–H groups in total. The highest BCUT2D eigenvalue weighted by molar-refractivity contribution is 5.72. The maximum absolute atomic E-state index is 10.9. The third-order valence-corrected chi connectivity index (χ3v) is 3.02. The van der Waals surface area contributed by atoms with Crippen molar-refractivity contribution in [3.63, 3.8) is 0 Å². The number of rotatable bonds is 7. The number of hydrogen-bond acceptors (Lipinski definition) is 3. The molecule has 0 bridgehead atoms. The van der Waals surface area contributed by atoms with Crippen molar-refractivity contribution in [3.05, 3.63) is 29.8 Å². The van der Waals surface area contributed by atoms with Crippen molar-refractivity contribution < 1.29 is 14.6 Å². The van der Waals surface area contributed by atoms with Gasteiger partial charge in [-0.1, -0.05) is 19.1 Å². The molecule has 0 amide bonds. The molecule has 1 aromatic carbocycles. The van der Waals surface area contributed by atoms with E-state index in [0.29, 0.717) is 18.2 Å². The maximum Gasteiger partial charge on any atom is 0.344 e. The van der Waals surface area contributed by atoms with E-state index >= 15 is 0 Å². The summed E-state index contributed by atoms with van der Waals surface area (Å²) in [6, 6.07) is 8.29. The SMILES string of the molecule is CCC(Oc1ccc(CNC2CC2)cc1)C(=O)O. The number of benzene rings is 1. The smallest absolute Gasteiger partial charge is 0.344 e. The lowest BCUT2D eigenvalue weighted by molar-refractivity contribution is -0.145. The van der Waals surface area contributed by atoms with E-state index in [-0.39, 0.29) is 0 Å². The van der Waals surface area contributed by atoms with Gasteiger partial charge in [0.05, 0.1) is 0 Å². The number of carboxylic acid groups (broad SMARTS) is 1. The molecular formula is C14H19NO3. The summed E-state index contributed by atoms with van der Waals surface area (Å²) in [7, 11) is 0. The molecule has 4 heteroatoms. The van der Waals surface area contributed by atoms with Crippen molar-refractivity contribution in [2.75, 3.05) is 0 Å². The van der Waals surface area contributed by atoms with Crippen LogP contribution in [0.2, 0.25) is 0 Å². The summed E-state index contributed by atoms with van der Waals surface area (Å²) in [4.78, 5) is 10.9. The Balaban J connectivity index is 1.87. The second kappa shape index (κ2) is 5.87. The number of nitrogens with one attached hydrogen (secondary N) is 1. The van der Waals surface area contributed by atoms with Crippen molar-refractivity contribution in [1.29, 1.82) is 0 Å². The lowest BCUT2D eigenvalue weighted by atomic mass is 10.2. The van der Waals surface area contributed by atoms with E-state index in [1.54, 1.807) is 6.92 Å². The minimum absolute atomic E-state index is 0.459. The molecule has 98 valence electrons. The van der Waals surface area contributed by atoms with Gasteiger partial charge < -0.3 is 15.2 Å². The van der Waals surface area contributed by atoms with Crippen molar-refractivity contribution in [2.24, 2.45) is 0 Å². The first-order valence-electron chi connectivity index (χ1n) is 6.41. The Hall–Kier alpha value is -1.55. The maximum atomic E-state index is 10.9. The minimum atomic E-state index is -0.919. The van der Waals surface area contributed by atoms with Crippen LogP contribution in [0.1, 0.15) is 31.7 Å². The number of ether oxygens (including phenoxy) is 1. The molecule has 0 heterocycles. The van der Waals surface area contributed by atoms with Crippen LogP contribution in [0.4, 0.5) is 0 Å². The standard InChI is InChI=1S/C14H19NO3/c1-2-13(14(16)17)18-12-7-3-10(4-8-12)9-15-11-5-6-11/h3-4,7-8,11,13,15H,2,5-6,9H2,1H3,(H,16,17). The van der Waals surface area contributed by atoms with Gasteiger partial charge in [0.15, 0.2) is 6.10 Å². The summed E-state index contributed by atoms with van der Waals surface area (Å²) in [5.74, 6) is -0.309. The average molecular weight is 249 g/mol. The van der Waals surface area contributed by atoms with E-state index in [0.717, 1.165) is 6.54 Å². The summed E-state index contributed by atoms with van der Waals surface area (Å²) in [6.45, 7) is 2.66. The topological polar surface area (TPSA) is 58.6 Å². The lowest BCUT2D eigenvalue weighted by Crippen LogP contribution is -2.25. The molecule has 0 spiro atoms. The fourth-order valence-corrected chi connectivity index (χ4v) is 1.71. The van der Waals surface area contributed by atoms with Crippen molar-refractivity contribution in [3.8, 4) is 5.75 Å². The van der Waals surface area contributed by atoms with Gasteiger partial charge in [-0.3, -0.25) is 0 Å². The molecule has 1 unspecified atom stereocenters. The quantitative estimate of drug-likeness (QED) is 0.777. The second-order valence-electron chi connectivity index (χ2n) is 4.65. The van der Waals surface area contributed by atoms with Crippen LogP contribution in [0.15, 0.2) is 24.3 Å². The number of hydrogen-bond donors (Lipinski definition) is 2. The Morgan fingerprint density at radius 3 is 2.61 bits per heavy atom. The Labute approximate surface area is 107 Å². The zero-order chi connectivity index (χ0) is 13.0. The fourth-order valence-electron chi connectivity index (χ4n) is 1.71. The normalized spacial score (nSPS) is 16.3. The van der Waals surface area contributed by atoms with Crippen molar-refractivity contribution in [2.45, 2.75) is 44.9 Å². The molecule has 1 aromatic rings. The molecule has 0 aromatic heterocycles. The molecule has 1 atom stereocenters. The van der Waals surface area contributed by atoms with E-state index in [4.69, 9.17) is 9.84 Å². The first-order chi connectivity index (χ1) is 8.69. The Bertz CT molecular complexity index is 398. The van der Waals surface area contributed by atoms with Gasteiger partial charge in [0.25, 0.3) is 0 Å². The highest BCUT2D eigenvalue weighted by Gasteiger charge is 2.20. The lowest BCUT2D eigenvalue weighted by Gasteiger charge is -2.13. The summed E-state index contributed by atoms with van der Waals surface area (Å²) in [5, 5.41) is 12.3. The summed E-state index contributed by atoms with van der Waals surface area (Å²) in [5.41, 5.74) is 1.19. The highest BCUT2D eigenvalue weighted by Crippen LogP contribution is 2.20. The molecule has 0 radical (unpaired) electrons. The van der Waals surface area contributed by atoms with Gasteiger partial charge in [-0.25, -0.2) is 4.79 Å². The van der Waals surface area contributed by atoms with Gasteiger partial charge in [0.2, 0.25) is 0 Å². The predicted octanol–water partition coefficient (Wildman–Crippen LogP) is 2.18. The first-order valence-corrected chi connectivity index (χ1v) is 6.41. The minimum Gasteiger partial charge on any atom is -0.479 e. The molecule has 1 saturated carbocycles. The van der Waals surface area contributed by atoms with Gasteiger partial charge in [0.1, 0.15) is 5.75 Å². The number of carbonyl (C=O) groups is 1. The largest absolute Gasteiger partial charge is 0.479 e. The highest BCUT2D eigenvalue weighted by atomic mass is 16.5. The van der Waals surface area contributed by atoms with Gasteiger partial charge in [-0.2, -0.15) is 0 Å². The van der Waals surface area contributed by atoms with E-state index in [1.165, 1.54) is 18.4 Å². The summed E-state index contributed by atoms with van der Waals surface area (Å²) < 4.78 is 5.40. The molecule has 0 aliphatic heterocycles. The number of carboxylic acids is 1. The molecule has 2 rings (SSSR count). The molecule has 4 nitrogen and oxygen atoms in total. The second-order valence-corrected chi connectivity index (χ2v) is 4.65. The molecule has 1 aliphatic carbocycles. The van der Waals surface area contributed by atoms with Crippen molar-refractivity contribution >= 4 is 5.97 Å². The zero-order valence-corrected chi connectivity index (χ0v) is 10.6. The third-order valence-electron chi connectivity index (χ3n) is 3.02. The predicted molar refractivity (Wildman–Crippen MR) is 68.6 cm³/mol. The van der Waals surface area contributed by atoms with E-state index in [1.807, 2.05) is 24.3 Å². The van der Waals surface area contributed by atoms with E-state index in [9.17, 15) is 4.79 Å². The van der Waals surface area contributed by atoms with Crippen LogP contribution < -0.4 is 10.1 Å². The van der Waals surface area contributed by atoms with Gasteiger partial charge in [-0.15, -0.1) is 0 Å². The molecular weight excluding hydrogens is 230 g/mol. The Morgan fingerprint density at radius 2 is 2.11 bits per heavy atom. The average Bonchev–Trinajstić information content (AvgIpc) is 3.18. The van der Waals surface area contributed by atoms with E-state index < -0.39 is 12.1 Å². The molecule has 0 saturated heterocycles. The third kappa shape index (κ3) is 3.74.